The molecular formula is C11H21N. The molecule has 2 aliphatic rings. The van der Waals surface area contributed by atoms with Crippen molar-refractivity contribution >= 4 is 0 Å². The van der Waals surface area contributed by atoms with Crippen LogP contribution in [-0.4, -0.2) is 24.0 Å². The molecular weight excluding hydrogens is 146 g/mol. The molecule has 2 bridgehead atoms. The van der Waals surface area contributed by atoms with Crippen molar-refractivity contribution in [1.82, 2.24) is 4.90 Å². The molecule has 2 fully saturated rings. The smallest absolute Gasteiger partial charge is 0.00983 e. The van der Waals surface area contributed by atoms with Crippen LogP contribution >= 0.6 is 0 Å². The summed E-state index contributed by atoms with van der Waals surface area (Å²) in [5.74, 6) is 1.06. The first-order valence-corrected chi connectivity index (χ1v) is 5.53. The van der Waals surface area contributed by atoms with E-state index in [1.807, 2.05) is 0 Å². The molecule has 70 valence electrons. The lowest BCUT2D eigenvalue weighted by molar-refractivity contribution is 0.129. The lowest BCUT2D eigenvalue weighted by atomic mass is 9.88. The van der Waals surface area contributed by atoms with Gasteiger partial charge < -0.3 is 4.90 Å². The number of nitrogens with zero attached hydrogens (tertiary/aromatic N) is 1. The average molecular weight is 167 g/mol. The molecule has 2 rings (SSSR count). The molecule has 0 aliphatic carbocycles. The highest BCUT2D eigenvalue weighted by atomic mass is 15.2. The van der Waals surface area contributed by atoms with Crippen molar-refractivity contribution in [2.75, 3.05) is 7.05 Å². The Balaban J connectivity index is 1.93. The Morgan fingerprint density at radius 3 is 2.25 bits per heavy atom. The summed E-state index contributed by atoms with van der Waals surface area (Å²) in [6.07, 6.45) is 8.78. The summed E-state index contributed by atoms with van der Waals surface area (Å²) in [6.45, 7) is 2.32. The quantitative estimate of drug-likeness (QED) is 0.611. The number of piperidine rings is 1. The van der Waals surface area contributed by atoms with Gasteiger partial charge in [0.15, 0.2) is 0 Å². The van der Waals surface area contributed by atoms with Gasteiger partial charge in [0.25, 0.3) is 0 Å². The molecule has 1 heteroatoms. The van der Waals surface area contributed by atoms with E-state index in [9.17, 15) is 0 Å². The van der Waals surface area contributed by atoms with E-state index in [0.717, 1.165) is 18.0 Å². The van der Waals surface area contributed by atoms with Crippen molar-refractivity contribution in [3.63, 3.8) is 0 Å². The van der Waals surface area contributed by atoms with Crippen LogP contribution in [0.4, 0.5) is 0 Å². The highest BCUT2D eigenvalue weighted by molar-refractivity contribution is 4.92. The van der Waals surface area contributed by atoms with Gasteiger partial charge in [-0.3, -0.25) is 0 Å². The van der Waals surface area contributed by atoms with Gasteiger partial charge in [-0.05, 0) is 38.6 Å². The van der Waals surface area contributed by atoms with E-state index in [-0.39, 0.29) is 0 Å². The van der Waals surface area contributed by atoms with E-state index in [0.29, 0.717) is 0 Å². The zero-order valence-electron chi connectivity index (χ0n) is 8.42. The maximum absolute atomic E-state index is 2.63. The van der Waals surface area contributed by atoms with Gasteiger partial charge in [-0.1, -0.05) is 19.8 Å². The van der Waals surface area contributed by atoms with E-state index in [4.69, 9.17) is 0 Å². The Bertz CT molecular complexity index is 141. The maximum Gasteiger partial charge on any atom is 0.00983 e. The fraction of sp³-hybridized carbons (Fsp3) is 1.00. The summed E-state index contributed by atoms with van der Waals surface area (Å²) >= 11 is 0. The predicted octanol–water partition coefficient (Wildman–Crippen LogP) is 2.66. The third kappa shape index (κ3) is 1.39. The van der Waals surface area contributed by atoms with Crippen molar-refractivity contribution in [3.05, 3.63) is 0 Å². The first-order valence-electron chi connectivity index (χ1n) is 5.53. The molecule has 0 aromatic rings. The minimum Gasteiger partial charge on any atom is -0.300 e. The van der Waals surface area contributed by atoms with Gasteiger partial charge in [0.05, 0.1) is 0 Å². The molecule has 12 heavy (non-hydrogen) atoms. The second-order valence-electron chi connectivity index (χ2n) is 4.68. The number of hydrogen-bond acceptors (Lipinski definition) is 1. The zero-order chi connectivity index (χ0) is 8.55. The minimum atomic E-state index is 0.945. The van der Waals surface area contributed by atoms with Gasteiger partial charge in [-0.25, -0.2) is 0 Å². The van der Waals surface area contributed by atoms with Crippen LogP contribution in [0.3, 0.4) is 0 Å². The number of fused-ring (bicyclic) bond motifs is 2. The molecule has 1 nitrogen and oxygen atoms in total. The van der Waals surface area contributed by atoms with Crippen molar-refractivity contribution in [2.24, 2.45) is 5.92 Å². The largest absolute Gasteiger partial charge is 0.300 e. The average Bonchev–Trinajstić information content (AvgIpc) is 2.33. The standard InChI is InChI=1S/C11H21N/c1-3-4-9-7-10-5-6-11(8-9)12(10)2/h9-11H,3-8H2,1-2H3/t9-,10+,11-. The monoisotopic (exact) mass is 167 g/mol. The summed E-state index contributed by atoms with van der Waals surface area (Å²) in [5, 5.41) is 0. The summed E-state index contributed by atoms with van der Waals surface area (Å²) in [7, 11) is 2.32. The Labute approximate surface area is 76.1 Å². The van der Waals surface area contributed by atoms with Gasteiger partial charge in [0.2, 0.25) is 0 Å². The lowest BCUT2D eigenvalue weighted by Gasteiger charge is -2.36. The first kappa shape index (κ1) is 8.55. The van der Waals surface area contributed by atoms with Crippen molar-refractivity contribution in [2.45, 2.75) is 57.5 Å². The molecule has 0 N–H and O–H groups in total. The van der Waals surface area contributed by atoms with Gasteiger partial charge >= 0.3 is 0 Å². The van der Waals surface area contributed by atoms with Crippen LogP contribution in [0.25, 0.3) is 0 Å². The second-order valence-corrected chi connectivity index (χ2v) is 4.68. The van der Waals surface area contributed by atoms with E-state index in [1.54, 1.807) is 0 Å². The van der Waals surface area contributed by atoms with Gasteiger partial charge in [0.1, 0.15) is 0 Å². The van der Waals surface area contributed by atoms with Crippen LogP contribution < -0.4 is 0 Å². The van der Waals surface area contributed by atoms with Crippen LogP contribution in [0.15, 0.2) is 0 Å². The van der Waals surface area contributed by atoms with Crippen LogP contribution in [0.5, 0.6) is 0 Å². The van der Waals surface area contributed by atoms with Crippen LogP contribution in [0.1, 0.15) is 45.4 Å². The predicted molar refractivity (Wildman–Crippen MR) is 52.2 cm³/mol. The third-order valence-corrected chi connectivity index (χ3v) is 3.89. The summed E-state index contributed by atoms with van der Waals surface area (Å²) in [6, 6.07) is 1.89. The molecule has 0 aromatic carbocycles. The highest BCUT2D eigenvalue weighted by Gasteiger charge is 2.37. The SMILES string of the molecule is CCC[C@H]1C[C@H]2CC[C@@H](C1)N2C. The molecule has 0 spiro atoms. The molecule has 2 heterocycles. The Morgan fingerprint density at radius 1 is 1.17 bits per heavy atom. The van der Waals surface area contributed by atoms with Crippen molar-refractivity contribution < 1.29 is 0 Å². The summed E-state index contributed by atoms with van der Waals surface area (Å²) in [5.41, 5.74) is 0. The van der Waals surface area contributed by atoms with E-state index >= 15 is 0 Å². The molecule has 0 aromatic heterocycles. The van der Waals surface area contributed by atoms with Gasteiger partial charge in [0, 0.05) is 12.1 Å². The topological polar surface area (TPSA) is 3.24 Å². The normalized spacial score (nSPS) is 42.0. The Hall–Kier alpha value is -0.0400. The first-order chi connectivity index (χ1) is 5.81. The number of rotatable bonds is 2. The molecule has 0 amide bonds. The maximum atomic E-state index is 2.63. The number of hydrogen-bond donors (Lipinski definition) is 0. The molecule has 2 aliphatic heterocycles. The lowest BCUT2D eigenvalue weighted by Crippen LogP contribution is -2.39. The summed E-state index contributed by atoms with van der Waals surface area (Å²) in [4.78, 5) is 2.63. The zero-order valence-corrected chi connectivity index (χ0v) is 8.42. The molecule has 0 saturated carbocycles. The fourth-order valence-corrected chi connectivity index (χ4v) is 3.17. The highest BCUT2D eigenvalue weighted by Crippen LogP contribution is 2.38. The second kappa shape index (κ2) is 3.37. The molecule has 2 saturated heterocycles. The van der Waals surface area contributed by atoms with E-state index < -0.39 is 0 Å². The van der Waals surface area contributed by atoms with Crippen molar-refractivity contribution in [3.8, 4) is 0 Å². The Kier molecular flexibility index (Phi) is 2.40. The van der Waals surface area contributed by atoms with Gasteiger partial charge in [-0.15, -0.1) is 0 Å². The van der Waals surface area contributed by atoms with E-state index in [2.05, 4.69) is 18.9 Å². The molecule has 0 radical (unpaired) electrons. The molecule has 0 unspecified atom stereocenters. The minimum absolute atomic E-state index is 0.945. The van der Waals surface area contributed by atoms with Crippen LogP contribution in [0.2, 0.25) is 0 Å². The fourth-order valence-electron chi connectivity index (χ4n) is 3.17. The van der Waals surface area contributed by atoms with Gasteiger partial charge in [-0.2, -0.15) is 0 Å². The van der Waals surface area contributed by atoms with Crippen LogP contribution in [-0.2, 0) is 0 Å². The van der Waals surface area contributed by atoms with Crippen LogP contribution in [0, 0.1) is 5.92 Å². The summed E-state index contributed by atoms with van der Waals surface area (Å²) < 4.78 is 0. The Morgan fingerprint density at radius 2 is 1.75 bits per heavy atom. The third-order valence-electron chi connectivity index (χ3n) is 3.89. The van der Waals surface area contributed by atoms with E-state index in [1.165, 1.54) is 38.5 Å². The van der Waals surface area contributed by atoms with Crippen molar-refractivity contribution in [1.29, 1.82) is 0 Å². The molecule has 3 atom stereocenters.